The van der Waals surface area contributed by atoms with E-state index in [0.717, 1.165) is 60.2 Å². The molecule has 0 aliphatic heterocycles. The Bertz CT molecular complexity index is 591. The molecule has 1 heteroatoms. The summed E-state index contributed by atoms with van der Waals surface area (Å²) in [5.74, 6) is 7.26. The third kappa shape index (κ3) is 3.99. The van der Waals surface area contributed by atoms with Gasteiger partial charge in [-0.1, -0.05) is 59.1 Å². The van der Waals surface area contributed by atoms with E-state index in [0.29, 0.717) is 5.41 Å². The highest BCUT2D eigenvalue weighted by atomic mass is 16.3. The number of aliphatic hydroxyl groups excluding tert-OH is 1. The van der Waals surface area contributed by atoms with Crippen molar-refractivity contribution >= 4 is 0 Å². The molecule has 3 saturated carbocycles. The standard InChI is InChI=1S/C28H48O/c1-6-20(18(2)3)8-7-19(4)26-13-14-27-25-11-9-21-17-22(29)10-12-23(21)24(25)15-16-28(26,27)5/h9,18-20,22-27,29H,6-8,10-17H2,1-5H3/t19-,20-,22+,23+,24-,25-,26-,27+,28-/m1/s1. The lowest BCUT2D eigenvalue weighted by molar-refractivity contribution is -0.0298. The molecule has 0 heterocycles. The van der Waals surface area contributed by atoms with Gasteiger partial charge in [0.1, 0.15) is 0 Å². The van der Waals surface area contributed by atoms with E-state index >= 15 is 0 Å². The van der Waals surface area contributed by atoms with E-state index in [-0.39, 0.29) is 6.10 Å². The summed E-state index contributed by atoms with van der Waals surface area (Å²) in [6, 6.07) is 0. The van der Waals surface area contributed by atoms with Crippen LogP contribution in [0.3, 0.4) is 0 Å². The largest absolute Gasteiger partial charge is 0.393 e. The number of allylic oxidation sites excluding steroid dienone is 1. The summed E-state index contributed by atoms with van der Waals surface area (Å²) in [6.45, 7) is 12.5. The van der Waals surface area contributed by atoms with Gasteiger partial charge in [-0.05, 0) is 111 Å². The van der Waals surface area contributed by atoms with Crippen molar-refractivity contribution in [3.05, 3.63) is 11.6 Å². The average Bonchev–Trinajstić information content (AvgIpc) is 3.05. The molecule has 0 radical (unpaired) electrons. The van der Waals surface area contributed by atoms with Gasteiger partial charge >= 0.3 is 0 Å². The zero-order chi connectivity index (χ0) is 20.8. The summed E-state index contributed by atoms with van der Waals surface area (Å²) >= 11 is 0. The van der Waals surface area contributed by atoms with Crippen LogP contribution >= 0.6 is 0 Å². The van der Waals surface area contributed by atoms with Gasteiger partial charge in [0.25, 0.3) is 0 Å². The Kier molecular flexibility index (Phi) is 6.56. The van der Waals surface area contributed by atoms with E-state index < -0.39 is 0 Å². The highest BCUT2D eigenvalue weighted by Gasteiger charge is 2.56. The van der Waals surface area contributed by atoms with Gasteiger partial charge < -0.3 is 5.11 Å². The molecule has 29 heavy (non-hydrogen) atoms. The SMILES string of the molecule is CC[C@H](CC[C@@H](C)[C@H]1CC[C@H]2[C@@H]3CC=C4C[C@@H](O)CC[C@@H]4[C@H]3CC[C@]12C)C(C)C. The van der Waals surface area contributed by atoms with E-state index in [4.69, 9.17) is 0 Å². The Balaban J connectivity index is 1.44. The Morgan fingerprint density at radius 3 is 2.55 bits per heavy atom. The molecule has 0 bridgehead atoms. The minimum Gasteiger partial charge on any atom is -0.393 e. The van der Waals surface area contributed by atoms with Crippen LogP contribution in [0.2, 0.25) is 0 Å². The zero-order valence-electron chi connectivity index (χ0n) is 20.0. The summed E-state index contributed by atoms with van der Waals surface area (Å²) in [5.41, 5.74) is 2.23. The maximum absolute atomic E-state index is 10.1. The Morgan fingerprint density at radius 2 is 1.83 bits per heavy atom. The van der Waals surface area contributed by atoms with Crippen LogP contribution < -0.4 is 0 Å². The number of hydrogen-bond donors (Lipinski definition) is 1. The van der Waals surface area contributed by atoms with Crippen molar-refractivity contribution in [3.63, 3.8) is 0 Å². The van der Waals surface area contributed by atoms with E-state index in [1.807, 2.05) is 0 Å². The smallest absolute Gasteiger partial charge is 0.0577 e. The number of aliphatic hydroxyl groups is 1. The summed E-state index contributed by atoms with van der Waals surface area (Å²) in [7, 11) is 0. The number of rotatable bonds is 6. The van der Waals surface area contributed by atoms with Gasteiger partial charge in [-0.15, -0.1) is 0 Å². The molecule has 0 spiro atoms. The van der Waals surface area contributed by atoms with Gasteiger partial charge in [-0.25, -0.2) is 0 Å². The first kappa shape index (κ1) is 21.9. The molecular weight excluding hydrogens is 352 g/mol. The number of hydrogen-bond acceptors (Lipinski definition) is 1. The molecule has 0 saturated heterocycles. The van der Waals surface area contributed by atoms with E-state index in [9.17, 15) is 5.11 Å². The summed E-state index contributed by atoms with van der Waals surface area (Å²) in [4.78, 5) is 0. The predicted molar refractivity (Wildman–Crippen MR) is 124 cm³/mol. The van der Waals surface area contributed by atoms with Crippen molar-refractivity contribution in [2.75, 3.05) is 0 Å². The van der Waals surface area contributed by atoms with E-state index in [1.165, 1.54) is 57.8 Å². The minimum atomic E-state index is -0.0580. The topological polar surface area (TPSA) is 20.2 Å². The van der Waals surface area contributed by atoms with Crippen molar-refractivity contribution in [1.82, 2.24) is 0 Å². The van der Waals surface area contributed by atoms with Gasteiger partial charge in [0.2, 0.25) is 0 Å². The van der Waals surface area contributed by atoms with Crippen LogP contribution in [0.15, 0.2) is 11.6 Å². The highest BCUT2D eigenvalue weighted by molar-refractivity contribution is 5.20. The van der Waals surface area contributed by atoms with Crippen LogP contribution in [0.4, 0.5) is 0 Å². The lowest BCUT2D eigenvalue weighted by Gasteiger charge is -2.54. The van der Waals surface area contributed by atoms with Crippen molar-refractivity contribution in [2.24, 2.45) is 52.8 Å². The molecule has 9 atom stereocenters. The second-order valence-electron chi connectivity index (χ2n) is 12.2. The Morgan fingerprint density at radius 1 is 1.03 bits per heavy atom. The van der Waals surface area contributed by atoms with Gasteiger partial charge in [0.05, 0.1) is 6.10 Å². The molecule has 166 valence electrons. The van der Waals surface area contributed by atoms with Crippen LogP contribution in [0.1, 0.15) is 105 Å². The lowest BCUT2D eigenvalue weighted by atomic mass is 9.51. The average molecular weight is 401 g/mol. The van der Waals surface area contributed by atoms with Crippen molar-refractivity contribution in [1.29, 1.82) is 0 Å². The Hall–Kier alpha value is -0.300. The summed E-state index contributed by atoms with van der Waals surface area (Å²) in [6.07, 6.45) is 17.3. The first-order valence-corrected chi connectivity index (χ1v) is 13.2. The Labute approximate surface area is 181 Å². The van der Waals surface area contributed by atoms with Crippen LogP contribution in [-0.2, 0) is 0 Å². The molecule has 1 nitrogen and oxygen atoms in total. The van der Waals surface area contributed by atoms with Crippen LogP contribution in [-0.4, -0.2) is 11.2 Å². The predicted octanol–water partition coefficient (Wildman–Crippen LogP) is 7.63. The zero-order valence-corrected chi connectivity index (χ0v) is 20.0. The maximum Gasteiger partial charge on any atom is 0.0577 e. The normalized spacial score (nSPS) is 43.9. The summed E-state index contributed by atoms with van der Waals surface area (Å²) < 4.78 is 0. The molecule has 4 rings (SSSR count). The lowest BCUT2D eigenvalue weighted by Crippen LogP contribution is -2.47. The van der Waals surface area contributed by atoms with E-state index in [1.54, 1.807) is 5.57 Å². The fourth-order valence-corrected chi connectivity index (χ4v) is 8.91. The second kappa shape index (κ2) is 8.68. The monoisotopic (exact) mass is 400 g/mol. The molecular formula is C28H48O. The molecule has 3 fully saturated rings. The third-order valence-electron chi connectivity index (χ3n) is 10.6. The van der Waals surface area contributed by atoms with E-state index in [2.05, 4.69) is 40.7 Å². The molecule has 0 aromatic heterocycles. The molecule has 4 aliphatic carbocycles. The molecule has 0 aromatic rings. The molecule has 1 N–H and O–H groups in total. The van der Waals surface area contributed by atoms with Crippen molar-refractivity contribution in [3.8, 4) is 0 Å². The fourth-order valence-electron chi connectivity index (χ4n) is 8.91. The number of fused-ring (bicyclic) bond motifs is 5. The highest BCUT2D eigenvalue weighted by Crippen LogP contribution is 2.64. The van der Waals surface area contributed by atoms with Gasteiger partial charge in [-0.3, -0.25) is 0 Å². The van der Waals surface area contributed by atoms with Gasteiger partial charge in [-0.2, -0.15) is 0 Å². The van der Waals surface area contributed by atoms with Crippen molar-refractivity contribution < 1.29 is 5.11 Å². The maximum atomic E-state index is 10.1. The van der Waals surface area contributed by atoms with Crippen molar-refractivity contribution in [2.45, 2.75) is 111 Å². The van der Waals surface area contributed by atoms with Crippen LogP contribution in [0.25, 0.3) is 0 Å². The molecule has 4 aliphatic rings. The van der Waals surface area contributed by atoms with Crippen LogP contribution in [0, 0.1) is 52.8 Å². The molecule has 0 aromatic carbocycles. The fraction of sp³-hybridized carbons (Fsp3) is 0.929. The first-order valence-electron chi connectivity index (χ1n) is 13.2. The first-order chi connectivity index (χ1) is 13.8. The molecule has 0 amide bonds. The van der Waals surface area contributed by atoms with Gasteiger partial charge in [0, 0.05) is 0 Å². The van der Waals surface area contributed by atoms with Gasteiger partial charge in [0.15, 0.2) is 0 Å². The van der Waals surface area contributed by atoms with Crippen LogP contribution in [0.5, 0.6) is 0 Å². The molecule has 0 unspecified atom stereocenters. The summed E-state index contributed by atoms with van der Waals surface area (Å²) in [5, 5.41) is 10.1. The quantitative estimate of drug-likeness (QED) is 0.454. The third-order valence-corrected chi connectivity index (χ3v) is 10.6. The minimum absolute atomic E-state index is 0.0580. The second-order valence-corrected chi connectivity index (χ2v) is 12.2.